The van der Waals surface area contributed by atoms with E-state index in [-0.39, 0.29) is 18.6 Å². The summed E-state index contributed by atoms with van der Waals surface area (Å²) in [6.07, 6.45) is 0.558. The van der Waals surface area contributed by atoms with Crippen molar-refractivity contribution < 1.29 is 9.90 Å². The van der Waals surface area contributed by atoms with Crippen molar-refractivity contribution in [2.24, 2.45) is 0 Å². The van der Waals surface area contributed by atoms with Gasteiger partial charge in [-0.25, -0.2) is 4.98 Å². The molecule has 21 heavy (non-hydrogen) atoms. The Morgan fingerprint density at radius 3 is 2.76 bits per heavy atom. The van der Waals surface area contributed by atoms with Gasteiger partial charge in [0.2, 0.25) is 0 Å². The van der Waals surface area contributed by atoms with Gasteiger partial charge in [0.15, 0.2) is 0 Å². The van der Waals surface area contributed by atoms with Crippen molar-refractivity contribution in [2.75, 3.05) is 18.9 Å². The summed E-state index contributed by atoms with van der Waals surface area (Å²) in [6.45, 7) is 4.50. The van der Waals surface area contributed by atoms with Gasteiger partial charge in [0.1, 0.15) is 5.82 Å². The first-order valence-corrected chi connectivity index (χ1v) is 7.11. The standard InChI is InChI=1S/C16H21N3O2/c1-11(2)19(8-5-9-20)16(21)13-10-15(17)18-14-7-4-3-6-12(13)14/h3-4,6-7,10-11,20H,5,8-9H2,1-2H3,(H2,17,18). The minimum absolute atomic E-state index is 0.0530. The Morgan fingerprint density at radius 1 is 1.38 bits per heavy atom. The lowest BCUT2D eigenvalue weighted by Crippen LogP contribution is -2.38. The topological polar surface area (TPSA) is 79.5 Å². The van der Waals surface area contributed by atoms with Crippen LogP contribution in [-0.2, 0) is 0 Å². The number of carbonyl (C=O) groups excluding carboxylic acids is 1. The largest absolute Gasteiger partial charge is 0.396 e. The predicted octanol–water partition coefficient (Wildman–Crippen LogP) is 2.05. The number of rotatable bonds is 5. The number of nitrogen functional groups attached to an aromatic ring is 1. The molecule has 0 unspecified atom stereocenters. The molecule has 0 fully saturated rings. The van der Waals surface area contributed by atoms with Gasteiger partial charge in [-0.15, -0.1) is 0 Å². The van der Waals surface area contributed by atoms with E-state index < -0.39 is 0 Å². The van der Waals surface area contributed by atoms with Crippen LogP contribution in [-0.4, -0.2) is 40.1 Å². The fourth-order valence-electron chi connectivity index (χ4n) is 2.36. The highest BCUT2D eigenvalue weighted by Gasteiger charge is 2.21. The van der Waals surface area contributed by atoms with Crippen LogP contribution < -0.4 is 5.73 Å². The van der Waals surface area contributed by atoms with Crippen LogP contribution in [0.15, 0.2) is 30.3 Å². The van der Waals surface area contributed by atoms with Crippen molar-refractivity contribution in [1.29, 1.82) is 0 Å². The molecular weight excluding hydrogens is 266 g/mol. The SMILES string of the molecule is CC(C)N(CCCO)C(=O)c1cc(N)nc2ccccc12. The van der Waals surface area contributed by atoms with E-state index in [0.29, 0.717) is 29.9 Å². The van der Waals surface area contributed by atoms with Crippen LogP contribution in [0.25, 0.3) is 10.9 Å². The molecule has 0 radical (unpaired) electrons. The molecule has 3 N–H and O–H groups in total. The quantitative estimate of drug-likeness (QED) is 0.882. The van der Waals surface area contributed by atoms with Crippen molar-refractivity contribution in [3.8, 4) is 0 Å². The number of fused-ring (bicyclic) bond motifs is 1. The zero-order valence-corrected chi connectivity index (χ0v) is 12.4. The van der Waals surface area contributed by atoms with E-state index in [1.54, 1.807) is 11.0 Å². The molecule has 1 aromatic carbocycles. The highest BCUT2D eigenvalue weighted by Crippen LogP contribution is 2.21. The molecule has 0 atom stereocenters. The first-order chi connectivity index (χ1) is 10.0. The monoisotopic (exact) mass is 287 g/mol. The molecule has 1 heterocycles. The molecule has 1 aromatic heterocycles. The maximum Gasteiger partial charge on any atom is 0.254 e. The molecule has 0 saturated carbocycles. The van der Waals surface area contributed by atoms with Gasteiger partial charge in [-0.3, -0.25) is 4.79 Å². The molecule has 112 valence electrons. The summed E-state index contributed by atoms with van der Waals surface area (Å²) in [6, 6.07) is 9.14. The number of carbonyl (C=O) groups is 1. The number of aromatic nitrogens is 1. The van der Waals surface area contributed by atoms with Gasteiger partial charge in [-0.05, 0) is 32.4 Å². The summed E-state index contributed by atoms with van der Waals surface area (Å²) in [7, 11) is 0. The summed E-state index contributed by atoms with van der Waals surface area (Å²) in [5, 5.41) is 9.79. The average molecular weight is 287 g/mol. The Bertz CT molecular complexity index is 640. The van der Waals surface area contributed by atoms with E-state index in [9.17, 15) is 4.79 Å². The molecular formula is C16H21N3O2. The Kier molecular flexibility index (Phi) is 4.75. The number of benzene rings is 1. The van der Waals surface area contributed by atoms with Gasteiger partial charge < -0.3 is 15.7 Å². The number of pyridine rings is 1. The smallest absolute Gasteiger partial charge is 0.254 e. The van der Waals surface area contributed by atoms with Gasteiger partial charge in [-0.2, -0.15) is 0 Å². The molecule has 0 aliphatic heterocycles. The van der Waals surface area contributed by atoms with E-state index in [0.717, 1.165) is 5.39 Å². The molecule has 5 nitrogen and oxygen atoms in total. The van der Waals surface area contributed by atoms with Crippen molar-refractivity contribution in [1.82, 2.24) is 9.88 Å². The van der Waals surface area contributed by atoms with Crippen LogP contribution in [0.4, 0.5) is 5.82 Å². The third-order valence-electron chi connectivity index (χ3n) is 3.41. The summed E-state index contributed by atoms with van der Waals surface area (Å²) in [4.78, 5) is 18.8. The van der Waals surface area contributed by atoms with Crippen LogP contribution >= 0.6 is 0 Å². The Hall–Kier alpha value is -2.14. The second kappa shape index (κ2) is 6.54. The van der Waals surface area contributed by atoms with Crippen molar-refractivity contribution in [2.45, 2.75) is 26.3 Å². The molecule has 0 aliphatic rings. The lowest BCUT2D eigenvalue weighted by molar-refractivity contribution is 0.0695. The predicted molar refractivity (Wildman–Crippen MR) is 84.0 cm³/mol. The van der Waals surface area contributed by atoms with Crippen LogP contribution in [0.1, 0.15) is 30.6 Å². The highest BCUT2D eigenvalue weighted by molar-refractivity contribution is 6.07. The van der Waals surface area contributed by atoms with Crippen LogP contribution in [0.5, 0.6) is 0 Å². The number of hydrogen-bond donors (Lipinski definition) is 2. The normalized spacial score (nSPS) is 11.0. The highest BCUT2D eigenvalue weighted by atomic mass is 16.3. The number of amides is 1. The molecule has 2 rings (SSSR count). The number of nitrogens with two attached hydrogens (primary N) is 1. The van der Waals surface area contributed by atoms with Crippen LogP contribution in [0.3, 0.4) is 0 Å². The van der Waals surface area contributed by atoms with Crippen LogP contribution in [0, 0.1) is 0 Å². The molecule has 5 heteroatoms. The third-order valence-corrected chi connectivity index (χ3v) is 3.41. The summed E-state index contributed by atoms with van der Waals surface area (Å²) >= 11 is 0. The Balaban J connectivity index is 2.46. The van der Waals surface area contributed by atoms with Crippen LogP contribution in [0.2, 0.25) is 0 Å². The van der Waals surface area contributed by atoms with E-state index in [1.807, 2.05) is 38.1 Å². The number of aliphatic hydroxyl groups is 1. The fraction of sp³-hybridized carbons (Fsp3) is 0.375. The first-order valence-electron chi connectivity index (χ1n) is 7.11. The summed E-state index contributed by atoms with van der Waals surface area (Å²) in [5.41, 5.74) is 7.09. The first kappa shape index (κ1) is 15.3. The fourth-order valence-corrected chi connectivity index (χ4v) is 2.36. The minimum atomic E-state index is -0.0799. The molecule has 2 aromatic rings. The lowest BCUT2D eigenvalue weighted by atomic mass is 10.1. The number of aliphatic hydroxyl groups excluding tert-OH is 1. The summed E-state index contributed by atoms with van der Waals surface area (Å²) in [5.74, 6) is 0.256. The van der Waals surface area contributed by atoms with E-state index in [1.165, 1.54) is 0 Å². The summed E-state index contributed by atoms with van der Waals surface area (Å²) < 4.78 is 0. The van der Waals surface area contributed by atoms with Crippen molar-refractivity contribution in [3.63, 3.8) is 0 Å². The number of hydrogen-bond acceptors (Lipinski definition) is 4. The van der Waals surface area contributed by atoms with Crippen molar-refractivity contribution >= 4 is 22.6 Å². The van der Waals surface area contributed by atoms with Gasteiger partial charge in [-0.1, -0.05) is 18.2 Å². The van der Waals surface area contributed by atoms with E-state index in [2.05, 4.69) is 4.98 Å². The third kappa shape index (κ3) is 3.31. The maximum atomic E-state index is 12.8. The van der Waals surface area contributed by atoms with Crippen molar-refractivity contribution in [3.05, 3.63) is 35.9 Å². The maximum absolute atomic E-state index is 12.8. The van der Waals surface area contributed by atoms with Gasteiger partial charge in [0.25, 0.3) is 5.91 Å². The molecule has 0 spiro atoms. The number of para-hydroxylation sites is 1. The van der Waals surface area contributed by atoms with E-state index >= 15 is 0 Å². The second-order valence-corrected chi connectivity index (χ2v) is 5.28. The van der Waals surface area contributed by atoms with Gasteiger partial charge >= 0.3 is 0 Å². The zero-order valence-electron chi connectivity index (χ0n) is 12.4. The molecule has 1 amide bonds. The zero-order chi connectivity index (χ0) is 15.4. The van der Waals surface area contributed by atoms with E-state index in [4.69, 9.17) is 10.8 Å². The number of nitrogens with zero attached hydrogens (tertiary/aromatic N) is 2. The molecule has 0 saturated heterocycles. The molecule has 0 aliphatic carbocycles. The average Bonchev–Trinajstić information content (AvgIpc) is 2.46. The Morgan fingerprint density at radius 2 is 2.10 bits per heavy atom. The van der Waals surface area contributed by atoms with Gasteiger partial charge in [0, 0.05) is 24.6 Å². The lowest BCUT2D eigenvalue weighted by Gasteiger charge is -2.27. The Labute approximate surface area is 124 Å². The van der Waals surface area contributed by atoms with Gasteiger partial charge in [0.05, 0.1) is 11.1 Å². The molecule has 0 bridgehead atoms. The number of anilines is 1. The second-order valence-electron chi connectivity index (χ2n) is 5.28. The minimum Gasteiger partial charge on any atom is -0.396 e.